The van der Waals surface area contributed by atoms with E-state index in [9.17, 15) is 9.59 Å². The minimum atomic E-state index is -0.548. The third kappa shape index (κ3) is 5.47. The van der Waals surface area contributed by atoms with Gasteiger partial charge in [-0.3, -0.25) is 4.79 Å². The van der Waals surface area contributed by atoms with Gasteiger partial charge < -0.3 is 19.5 Å². The van der Waals surface area contributed by atoms with Crippen molar-refractivity contribution in [3.8, 4) is 23.1 Å². The number of carbonyl (C=O) groups is 2. The number of hydrogen-bond donors (Lipinski definition) is 1. The first-order chi connectivity index (χ1) is 19.7. The Hall–Kier alpha value is -5.17. The molecular formula is C31H29N7O3. The highest BCUT2D eigenvalue weighted by Crippen LogP contribution is 2.21. The number of fused-ring (bicyclic) bond motifs is 2. The van der Waals surface area contributed by atoms with Crippen LogP contribution in [0.5, 0.6) is 0 Å². The maximum Gasteiger partial charge on any atom is 0.410 e. The van der Waals surface area contributed by atoms with Crippen LogP contribution in [0, 0.1) is 11.8 Å². The van der Waals surface area contributed by atoms with Crippen molar-refractivity contribution in [3.05, 3.63) is 83.9 Å². The molecule has 41 heavy (non-hydrogen) atoms. The van der Waals surface area contributed by atoms with Crippen molar-refractivity contribution in [1.29, 1.82) is 0 Å². The highest BCUT2D eigenvalue weighted by atomic mass is 16.6. The van der Waals surface area contributed by atoms with E-state index in [-0.39, 0.29) is 12.0 Å². The second-order valence-electron chi connectivity index (χ2n) is 10.8. The number of aromatic amines is 1. The Morgan fingerprint density at radius 3 is 2.41 bits per heavy atom. The first-order valence-electron chi connectivity index (χ1n) is 13.4. The molecule has 206 valence electrons. The highest BCUT2D eigenvalue weighted by molar-refractivity contribution is 5.95. The summed E-state index contributed by atoms with van der Waals surface area (Å²) >= 11 is 0. The van der Waals surface area contributed by atoms with Gasteiger partial charge in [0.05, 0.1) is 11.9 Å². The molecule has 1 aliphatic rings. The number of pyridine rings is 1. The summed E-state index contributed by atoms with van der Waals surface area (Å²) in [4.78, 5) is 40.7. The molecule has 10 heteroatoms. The largest absolute Gasteiger partial charge is 0.444 e. The van der Waals surface area contributed by atoms with E-state index in [1.807, 2.05) is 75.5 Å². The number of H-pyrrole nitrogens is 1. The summed E-state index contributed by atoms with van der Waals surface area (Å²) < 4.78 is 7.17. The van der Waals surface area contributed by atoms with E-state index in [4.69, 9.17) is 9.84 Å². The molecule has 4 aromatic heterocycles. The van der Waals surface area contributed by atoms with E-state index < -0.39 is 5.60 Å². The molecule has 0 spiro atoms. The molecule has 5 aromatic rings. The van der Waals surface area contributed by atoms with E-state index >= 15 is 0 Å². The van der Waals surface area contributed by atoms with E-state index in [1.54, 1.807) is 26.7 Å². The first kappa shape index (κ1) is 26.1. The zero-order valence-electron chi connectivity index (χ0n) is 23.1. The smallest absolute Gasteiger partial charge is 0.410 e. The van der Waals surface area contributed by atoms with Crippen LogP contribution in [0.3, 0.4) is 0 Å². The molecule has 5 heterocycles. The predicted molar refractivity (Wildman–Crippen MR) is 154 cm³/mol. The van der Waals surface area contributed by atoms with Crippen LogP contribution < -0.4 is 0 Å². The third-order valence-corrected chi connectivity index (χ3v) is 6.79. The molecule has 1 saturated heterocycles. The number of benzene rings is 1. The second-order valence-corrected chi connectivity index (χ2v) is 10.8. The van der Waals surface area contributed by atoms with Gasteiger partial charge in [0.25, 0.3) is 5.91 Å². The van der Waals surface area contributed by atoms with Crippen molar-refractivity contribution < 1.29 is 14.3 Å². The van der Waals surface area contributed by atoms with Crippen LogP contribution in [-0.4, -0.2) is 78.1 Å². The molecule has 1 aromatic carbocycles. The molecule has 0 aliphatic carbocycles. The van der Waals surface area contributed by atoms with E-state index in [0.29, 0.717) is 43.1 Å². The first-order valence-corrected chi connectivity index (χ1v) is 13.4. The number of nitrogens with one attached hydrogen (secondary N) is 1. The lowest BCUT2D eigenvalue weighted by atomic mass is 10.1. The summed E-state index contributed by atoms with van der Waals surface area (Å²) in [6.07, 6.45) is 4.93. The number of rotatable bonds is 2. The Balaban J connectivity index is 1.16. The van der Waals surface area contributed by atoms with E-state index in [1.165, 1.54) is 0 Å². The maximum absolute atomic E-state index is 13.1. The van der Waals surface area contributed by atoms with E-state index in [2.05, 4.69) is 26.8 Å². The monoisotopic (exact) mass is 547 g/mol. The van der Waals surface area contributed by atoms with Gasteiger partial charge in [-0.15, -0.1) is 0 Å². The number of imidazole rings is 1. The summed E-state index contributed by atoms with van der Waals surface area (Å²) in [6.45, 7) is 7.32. The van der Waals surface area contributed by atoms with Crippen LogP contribution in [0.1, 0.15) is 42.4 Å². The maximum atomic E-state index is 13.1. The predicted octanol–water partition coefficient (Wildman–Crippen LogP) is 4.37. The third-order valence-electron chi connectivity index (χ3n) is 6.79. The highest BCUT2D eigenvalue weighted by Gasteiger charge is 2.28. The lowest BCUT2D eigenvalue weighted by Crippen LogP contribution is -2.51. The Labute approximate surface area is 237 Å². The Morgan fingerprint density at radius 1 is 0.902 bits per heavy atom. The van der Waals surface area contributed by atoms with Crippen LogP contribution in [0.25, 0.3) is 27.9 Å². The van der Waals surface area contributed by atoms with Crippen molar-refractivity contribution in [2.75, 3.05) is 26.2 Å². The van der Waals surface area contributed by atoms with Gasteiger partial charge in [0.2, 0.25) is 0 Å². The Bertz CT molecular complexity index is 1810. The Kier molecular flexibility index (Phi) is 6.63. The molecule has 1 N–H and O–H groups in total. The standard InChI is InChI=1S/C31H29N7O3/c1-31(2,3)41-30(40)37-18-16-36(17-19-37)29(39)23-6-4-22(5-7-23)26-10-11-27-34-20-24(38(27)35-26)9-8-21-12-14-32-28-25(21)13-15-33-28/h4-7,10-15,20H,16-19H2,1-3H3,(H,32,33). The molecule has 6 rings (SSSR count). The summed E-state index contributed by atoms with van der Waals surface area (Å²) in [5, 5.41) is 5.73. The van der Waals surface area contributed by atoms with Crippen molar-refractivity contribution in [3.63, 3.8) is 0 Å². The number of ether oxygens (including phenoxy) is 1. The molecule has 10 nitrogen and oxygen atoms in total. The molecular weight excluding hydrogens is 518 g/mol. The molecule has 1 fully saturated rings. The lowest BCUT2D eigenvalue weighted by molar-refractivity contribution is 0.0141. The lowest BCUT2D eigenvalue weighted by Gasteiger charge is -2.35. The fourth-order valence-electron chi connectivity index (χ4n) is 4.70. The molecule has 0 unspecified atom stereocenters. The molecule has 1 aliphatic heterocycles. The van der Waals surface area contributed by atoms with Gasteiger partial charge in [-0.25, -0.2) is 19.3 Å². The second kappa shape index (κ2) is 10.4. The van der Waals surface area contributed by atoms with Gasteiger partial charge in [-0.2, -0.15) is 5.10 Å². The van der Waals surface area contributed by atoms with Gasteiger partial charge in [-0.1, -0.05) is 18.1 Å². The van der Waals surface area contributed by atoms with Crippen molar-refractivity contribution in [1.82, 2.24) is 34.4 Å². The van der Waals surface area contributed by atoms with Crippen molar-refractivity contribution >= 4 is 28.7 Å². The zero-order chi connectivity index (χ0) is 28.6. The van der Waals surface area contributed by atoms with Gasteiger partial charge in [0, 0.05) is 60.6 Å². The van der Waals surface area contributed by atoms with Crippen molar-refractivity contribution in [2.45, 2.75) is 26.4 Å². The van der Waals surface area contributed by atoms with Crippen LogP contribution in [0.2, 0.25) is 0 Å². The minimum Gasteiger partial charge on any atom is -0.444 e. The number of piperazine rings is 1. The number of aromatic nitrogens is 5. The molecule has 2 amide bonds. The SMILES string of the molecule is CC(C)(C)OC(=O)N1CCN(C(=O)c2ccc(-c3ccc4ncc(C#Cc5ccnc6[nH]ccc56)n4n3)cc2)CC1. The summed E-state index contributed by atoms with van der Waals surface area (Å²) in [5.41, 5.74) is 4.66. The van der Waals surface area contributed by atoms with Crippen molar-refractivity contribution in [2.24, 2.45) is 0 Å². The quantitative estimate of drug-likeness (QED) is 0.329. The normalized spacial score (nSPS) is 13.7. The van der Waals surface area contributed by atoms with Gasteiger partial charge in [0.1, 0.15) is 16.9 Å². The van der Waals surface area contributed by atoms with E-state index in [0.717, 1.165) is 27.9 Å². The minimum absolute atomic E-state index is 0.0661. The number of nitrogens with zero attached hydrogens (tertiary/aromatic N) is 6. The summed E-state index contributed by atoms with van der Waals surface area (Å²) in [6, 6.07) is 15.0. The number of carbonyl (C=O) groups excluding carboxylic acids is 2. The van der Waals surface area contributed by atoms with Gasteiger partial charge in [0.15, 0.2) is 5.65 Å². The van der Waals surface area contributed by atoms with Crippen LogP contribution in [-0.2, 0) is 4.74 Å². The van der Waals surface area contributed by atoms with Gasteiger partial charge in [-0.05, 0) is 63.1 Å². The van der Waals surface area contributed by atoms with Crippen LogP contribution in [0.15, 0.2) is 67.1 Å². The molecule has 0 bridgehead atoms. The zero-order valence-corrected chi connectivity index (χ0v) is 23.1. The number of amides is 2. The van der Waals surface area contributed by atoms with Crippen LogP contribution >= 0.6 is 0 Å². The fraction of sp³-hybridized carbons (Fsp3) is 0.258. The average Bonchev–Trinajstić information content (AvgIpc) is 3.62. The summed E-state index contributed by atoms with van der Waals surface area (Å²) in [7, 11) is 0. The molecule has 0 atom stereocenters. The van der Waals surface area contributed by atoms with Crippen LogP contribution in [0.4, 0.5) is 4.79 Å². The van der Waals surface area contributed by atoms with Gasteiger partial charge >= 0.3 is 6.09 Å². The number of hydrogen-bond acceptors (Lipinski definition) is 6. The molecule has 0 radical (unpaired) electrons. The summed E-state index contributed by atoms with van der Waals surface area (Å²) in [5.74, 6) is 6.34. The Morgan fingerprint density at radius 2 is 1.66 bits per heavy atom. The average molecular weight is 548 g/mol. The topological polar surface area (TPSA) is 109 Å². The molecule has 0 saturated carbocycles. The fourth-order valence-corrected chi connectivity index (χ4v) is 4.70.